The summed E-state index contributed by atoms with van der Waals surface area (Å²) in [5, 5.41) is 3.57. The molecule has 0 fully saturated rings. The van der Waals surface area contributed by atoms with Crippen LogP contribution in [0.15, 0.2) is 72.4 Å². The molecule has 7 heteroatoms. The van der Waals surface area contributed by atoms with Crippen LogP contribution in [0.25, 0.3) is 5.57 Å². The Kier molecular flexibility index (Phi) is 5.96. The standard InChI is InChI=1S/C25H21Cl2N3O2/c1-15-7-9-16(10-8-15)21-23(28-17-11-13-18(14-12-17)29(2)3)25(32)30(24(21)31)20-6-4-5-19(26)22(20)27/h4-14,28H,1-3H3. The van der Waals surface area contributed by atoms with Crippen molar-refractivity contribution in [1.29, 1.82) is 0 Å². The lowest BCUT2D eigenvalue weighted by molar-refractivity contribution is -0.120. The summed E-state index contributed by atoms with van der Waals surface area (Å²) in [7, 11) is 3.90. The maximum atomic E-state index is 13.5. The highest BCUT2D eigenvalue weighted by Crippen LogP contribution is 2.39. The number of halogens is 2. The second-order valence-electron chi connectivity index (χ2n) is 7.70. The van der Waals surface area contributed by atoms with Crippen LogP contribution in [0.5, 0.6) is 0 Å². The van der Waals surface area contributed by atoms with E-state index < -0.39 is 11.8 Å². The fourth-order valence-electron chi connectivity index (χ4n) is 3.50. The first-order chi connectivity index (χ1) is 15.3. The van der Waals surface area contributed by atoms with Gasteiger partial charge in [0.05, 0.1) is 21.3 Å². The molecular weight excluding hydrogens is 445 g/mol. The Labute approximate surface area is 196 Å². The van der Waals surface area contributed by atoms with Gasteiger partial charge < -0.3 is 10.2 Å². The van der Waals surface area contributed by atoms with Gasteiger partial charge in [0.25, 0.3) is 11.8 Å². The van der Waals surface area contributed by atoms with Crippen molar-refractivity contribution in [1.82, 2.24) is 0 Å². The van der Waals surface area contributed by atoms with Crippen molar-refractivity contribution in [2.24, 2.45) is 0 Å². The van der Waals surface area contributed by atoms with E-state index in [9.17, 15) is 9.59 Å². The highest BCUT2D eigenvalue weighted by atomic mass is 35.5. The van der Waals surface area contributed by atoms with Gasteiger partial charge in [-0.1, -0.05) is 59.1 Å². The zero-order valence-corrected chi connectivity index (χ0v) is 19.3. The number of carbonyl (C=O) groups excluding carboxylic acids is 2. The lowest BCUT2D eigenvalue weighted by Gasteiger charge is -2.17. The van der Waals surface area contributed by atoms with E-state index in [4.69, 9.17) is 23.2 Å². The van der Waals surface area contributed by atoms with Crippen molar-refractivity contribution in [3.05, 3.63) is 93.6 Å². The third kappa shape index (κ3) is 3.97. The molecule has 0 atom stereocenters. The molecule has 1 N–H and O–H groups in total. The summed E-state index contributed by atoms with van der Waals surface area (Å²) in [4.78, 5) is 30.0. The smallest absolute Gasteiger partial charge is 0.282 e. The van der Waals surface area contributed by atoms with E-state index in [1.54, 1.807) is 18.2 Å². The van der Waals surface area contributed by atoms with Crippen LogP contribution in [0.3, 0.4) is 0 Å². The summed E-state index contributed by atoms with van der Waals surface area (Å²) >= 11 is 12.5. The van der Waals surface area contributed by atoms with Gasteiger partial charge in [-0.2, -0.15) is 0 Å². The van der Waals surface area contributed by atoms with Gasteiger partial charge in [-0.05, 0) is 48.9 Å². The van der Waals surface area contributed by atoms with Gasteiger partial charge in [0.15, 0.2) is 0 Å². The Bertz CT molecular complexity index is 1230. The van der Waals surface area contributed by atoms with Gasteiger partial charge >= 0.3 is 0 Å². The van der Waals surface area contributed by atoms with Gasteiger partial charge in [-0.15, -0.1) is 0 Å². The van der Waals surface area contributed by atoms with E-state index in [2.05, 4.69) is 5.32 Å². The third-order valence-electron chi connectivity index (χ3n) is 5.25. The number of hydrogen-bond acceptors (Lipinski definition) is 4. The van der Waals surface area contributed by atoms with Crippen LogP contribution in [0.1, 0.15) is 11.1 Å². The van der Waals surface area contributed by atoms with Crippen molar-refractivity contribution in [3.63, 3.8) is 0 Å². The first kappa shape index (κ1) is 21.9. The Morgan fingerprint density at radius 1 is 0.844 bits per heavy atom. The molecule has 0 aliphatic carbocycles. The number of nitrogens with one attached hydrogen (secondary N) is 1. The Balaban J connectivity index is 1.81. The van der Waals surface area contributed by atoms with Gasteiger partial charge in [-0.25, -0.2) is 4.90 Å². The molecule has 32 heavy (non-hydrogen) atoms. The average Bonchev–Trinajstić information content (AvgIpc) is 3.01. The van der Waals surface area contributed by atoms with Crippen LogP contribution in [0, 0.1) is 6.92 Å². The molecule has 1 aliphatic heterocycles. The van der Waals surface area contributed by atoms with E-state index >= 15 is 0 Å². The summed E-state index contributed by atoms with van der Waals surface area (Å²) in [5.74, 6) is -0.957. The molecule has 0 bridgehead atoms. The molecule has 2 amide bonds. The molecule has 3 aromatic carbocycles. The normalized spacial score (nSPS) is 13.7. The maximum absolute atomic E-state index is 13.5. The second-order valence-corrected chi connectivity index (χ2v) is 8.49. The van der Waals surface area contributed by atoms with Crippen LogP contribution in [0.4, 0.5) is 17.1 Å². The highest BCUT2D eigenvalue weighted by Gasteiger charge is 2.41. The number of amides is 2. The van der Waals surface area contributed by atoms with Crippen LogP contribution >= 0.6 is 23.2 Å². The number of benzene rings is 3. The van der Waals surface area contributed by atoms with Crippen LogP contribution in [-0.2, 0) is 9.59 Å². The molecule has 162 valence electrons. The number of imide groups is 1. The number of aryl methyl sites for hydroxylation is 1. The van der Waals surface area contributed by atoms with E-state index in [-0.39, 0.29) is 27.0 Å². The van der Waals surface area contributed by atoms with E-state index in [0.717, 1.165) is 16.2 Å². The minimum Gasteiger partial charge on any atom is -0.378 e. The SMILES string of the molecule is Cc1ccc(C2=C(Nc3ccc(N(C)C)cc3)C(=O)N(c3cccc(Cl)c3Cl)C2=O)cc1. The van der Waals surface area contributed by atoms with Crippen LogP contribution < -0.4 is 15.1 Å². The quantitative estimate of drug-likeness (QED) is 0.486. The van der Waals surface area contributed by atoms with Gasteiger partial charge in [0, 0.05) is 25.5 Å². The topological polar surface area (TPSA) is 52.7 Å². The maximum Gasteiger partial charge on any atom is 0.282 e. The summed E-state index contributed by atoms with van der Waals surface area (Å²) in [6, 6.07) is 19.9. The highest BCUT2D eigenvalue weighted by molar-refractivity contribution is 6.50. The molecule has 0 saturated heterocycles. The third-order valence-corrected chi connectivity index (χ3v) is 6.06. The van der Waals surface area contributed by atoms with E-state index in [1.165, 1.54) is 0 Å². The Hall–Kier alpha value is -3.28. The second kappa shape index (κ2) is 8.69. The first-order valence-corrected chi connectivity index (χ1v) is 10.7. The zero-order valence-electron chi connectivity index (χ0n) is 17.8. The predicted molar refractivity (Wildman–Crippen MR) is 131 cm³/mol. The molecule has 0 spiro atoms. The fraction of sp³-hybridized carbons (Fsp3) is 0.120. The van der Waals surface area contributed by atoms with Crippen LogP contribution in [0.2, 0.25) is 10.0 Å². The van der Waals surface area contributed by atoms with Crippen molar-refractivity contribution < 1.29 is 9.59 Å². The summed E-state index contributed by atoms with van der Waals surface area (Å²) < 4.78 is 0. The molecule has 1 aliphatic rings. The van der Waals surface area contributed by atoms with Gasteiger partial charge in [-0.3, -0.25) is 9.59 Å². The molecule has 0 saturated carbocycles. The number of hydrogen-bond donors (Lipinski definition) is 1. The molecule has 4 rings (SSSR count). The molecule has 3 aromatic rings. The number of rotatable bonds is 5. The van der Waals surface area contributed by atoms with E-state index in [1.807, 2.05) is 74.4 Å². The van der Waals surface area contributed by atoms with Crippen LogP contribution in [-0.4, -0.2) is 25.9 Å². The first-order valence-electron chi connectivity index (χ1n) is 9.96. The number of carbonyl (C=O) groups is 2. The molecular formula is C25H21Cl2N3O2. The van der Waals surface area contributed by atoms with E-state index in [0.29, 0.717) is 11.3 Å². The largest absolute Gasteiger partial charge is 0.378 e. The summed E-state index contributed by atoms with van der Waals surface area (Å²) in [6.07, 6.45) is 0. The zero-order chi connectivity index (χ0) is 23.0. The van der Waals surface area contributed by atoms with Gasteiger partial charge in [0.2, 0.25) is 0 Å². The Morgan fingerprint density at radius 2 is 1.50 bits per heavy atom. The van der Waals surface area contributed by atoms with Crippen molar-refractivity contribution in [3.8, 4) is 0 Å². The van der Waals surface area contributed by atoms with Crippen molar-refractivity contribution in [2.45, 2.75) is 6.92 Å². The molecule has 1 heterocycles. The Morgan fingerprint density at radius 3 is 2.12 bits per heavy atom. The predicted octanol–water partition coefficient (Wildman–Crippen LogP) is 5.76. The lowest BCUT2D eigenvalue weighted by atomic mass is 10.0. The van der Waals surface area contributed by atoms with Crippen molar-refractivity contribution >= 4 is 57.7 Å². The number of nitrogens with zero attached hydrogens (tertiary/aromatic N) is 2. The summed E-state index contributed by atoms with van der Waals surface area (Å²) in [6.45, 7) is 1.96. The molecule has 0 unspecified atom stereocenters. The summed E-state index contributed by atoms with van der Waals surface area (Å²) in [5.41, 5.74) is 4.12. The molecule has 0 aromatic heterocycles. The lowest BCUT2D eigenvalue weighted by Crippen LogP contribution is -2.32. The minimum atomic E-state index is -0.494. The molecule has 0 radical (unpaired) electrons. The fourth-order valence-corrected chi connectivity index (χ4v) is 3.88. The molecule has 5 nitrogen and oxygen atoms in total. The minimum absolute atomic E-state index is 0.149. The average molecular weight is 466 g/mol. The monoisotopic (exact) mass is 465 g/mol. The van der Waals surface area contributed by atoms with Crippen molar-refractivity contribution in [2.75, 3.05) is 29.2 Å². The van der Waals surface area contributed by atoms with Gasteiger partial charge in [0.1, 0.15) is 5.70 Å². The number of anilines is 3.